The van der Waals surface area contributed by atoms with Crippen LogP contribution < -0.4 is 4.90 Å². The molecule has 0 aromatic heterocycles. The van der Waals surface area contributed by atoms with Crippen LogP contribution in [0.15, 0.2) is 59.7 Å². The number of hydrogen-bond acceptors (Lipinski definition) is 4. The van der Waals surface area contributed by atoms with Gasteiger partial charge in [0.2, 0.25) is 0 Å². The second kappa shape index (κ2) is 7.70. The lowest BCUT2D eigenvalue weighted by atomic mass is 10.2. The van der Waals surface area contributed by atoms with Gasteiger partial charge in [0.15, 0.2) is 0 Å². The third kappa shape index (κ3) is 4.17. The van der Waals surface area contributed by atoms with Gasteiger partial charge in [-0.2, -0.15) is 5.10 Å². The van der Waals surface area contributed by atoms with Gasteiger partial charge in [0.25, 0.3) is 5.69 Å². The SMILES string of the molecule is O=[N+]([O-])c1ccccc1C=NN1CC[NH+](Cc2ccccc2)CC1. The molecule has 0 bridgehead atoms. The Morgan fingerprint density at radius 1 is 1.08 bits per heavy atom. The molecule has 0 atom stereocenters. The summed E-state index contributed by atoms with van der Waals surface area (Å²) in [6, 6.07) is 17.2. The van der Waals surface area contributed by atoms with Gasteiger partial charge in [-0.25, -0.2) is 0 Å². The number of nitrogens with zero attached hydrogens (tertiary/aromatic N) is 3. The number of benzene rings is 2. The van der Waals surface area contributed by atoms with Crippen molar-refractivity contribution in [3.05, 3.63) is 75.8 Å². The van der Waals surface area contributed by atoms with Crippen LogP contribution in [0, 0.1) is 10.1 Å². The molecule has 6 nitrogen and oxygen atoms in total. The molecule has 0 spiro atoms. The number of hydrogen-bond donors (Lipinski definition) is 1. The summed E-state index contributed by atoms with van der Waals surface area (Å²) in [6.45, 7) is 4.79. The first-order chi connectivity index (χ1) is 11.7. The molecule has 2 aromatic carbocycles. The van der Waals surface area contributed by atoms with Gasteiger partial charge in [0.1, 0.15) is 6.54 Å². The van der Waals surface area contributed by atoms with E-state index in [0.29, 0.717) is 5.56 Å². The van der Waals surface area contributed by atoms with Crippen molar-refractivity contribution < 1.29 is 9.82 Å². The summed E-state index contributed by atoms with van der Waals surface area (Å²) in [5, 5.41) is 17.4. The Labute approximate surface area is 141 Å². The van der Waals surface area contributed by atoms with Gasteiger partial charge in [0, 0.05) is 11.6 Å². The van der Waals surface area contributed by atoms with Crippen LogP contribution in [0.25, 0.3) is 0 Å². The van der Waals surface area contributed by atoms with Gasteiger partial charge in [-0.1, -0.05) is 42.5 Å². The van der Waals surface area contributed by atoms with Crippen molar-refractivity contribution in [1.82, 2.24) is 5.01 Å². The van der Waals surface area contributed by atoms with E-state index < -0.39 is 0 Å². The fourth-order valence-electron chi connectivity index (χ4n) is 2.89. The molecule has 0 amide bonds. The minimum Gasteiger partial charge on any atom is -0.328 e. The molecule has 3 rings (SSSR count). The van der Waals surface area contributed by atoms with E-state index in [1.165, 1.54) is 11.6 Å². The highest BCUT2D eigenvalue weighted by Crippen LogP contribution is 2.15. The topological polar surface area (TPSA) is 63.2 Å². The van der Waals surface area contributed by atoms with Gasteiger partial charge < -0.3 is 4.90 Å². The smallest absolute Gasteiger partial charge is 0.278 e. The molecule has 6 heteroatoms. The predicted molar refractivity (Wildman–Crippen MR) is 93.1 cm³/mol. The molecule has 0 radical (unpaired) electrons. The van der Waals surface area contributed by atoms with Gasteiger partial charge in [-0.05, 0) is 6.07 Å². The number of quaternary nitrogens is 1. The van der Waals surface area contributed by atoms with E-state index in [-0.39, 0.29) is 10.6 Å². The molecule has 1 heterocycles. The normalized spacial score (nSPS) is 15.8. The standard InChI is InChI=1S/C18H20N4O2/c23-22(24)18-9-5-4-8-17(18)14-19-21-12-10-20(11-13-21)15-16-6-2-1-3-7-16/h1-9,14H,10-13,15H2/p+1. The van der Waals surface area contributed by atoms with Crippen molar-refractivity contribution in [3.63, 3.8) is 0 Å². The fourth-order valence-corrected chi connectivity index (χ4v) is 2.89. The van der Waals surface area contributed by atoms with E-state index in [9.17, 15) is 10.1 Å². The summed E-state index contributed by atoms with van der Waals surface area (Å²) in [7, 11) is 0. The number of piperazine rings is 1. The number of nitro groups is 1. The first-order valence-electron chi connectivity index (χ1n) is 8.12. The van der Waals surface area contributed by atoms with E-state index in [2.05, 4.69) is 29.4 Å². The molecule has 1 saturated heterocycles. The summed E-state index contributed by atoms with van der Waals surface area (Å²) < 4.78 is 0. The van der Waals surface area contributed by atoms with Gasteiger partial charge in [-0.15, -0.1) is 0 Å². The van der Waals surface area contributed by atoms with Crippen molar-refractivity contribution >= 4 is 11.9 Å². The van der Waals surface area contributed by atoms with Crippen LogP contribution in [-0.2, 0) is 6.54 Å². The number of nitrogens with one attached hydrogen (secondary N) is 1. The summed E-state index contributed by atoms with van der Waals surface area (Å²) in [5.41, 5.74) is 1.99. The van der Waals surface area contributed by atoms with Crippen molar-refractivity contribution in [2.75, 3.05) is 26.2 Å². The summed E-state index contributed by atoms with van der Waals surface area (Å²) in [5.74, 6) is 0. The molecule has 1 aliphatic rings. The highest BCUT2D eigenvalue weighted by atomic mass is 16.6. The highest BCUT2D eigenvalue weighted by molar-refractivity contribution is 5.84. The Hall–Kier alpha value is -2.73. The van der Waals surface area contributed by atoms with Crippen LogP contribution in [0.1, 0.15) is 11.1 Å². The van der Waals surface area contributed by atoms with E-state index in [4.69, 9.17) is 0 Å². The zero-order valence-electron chi connectivity index (χ0n) is 13.5. The molecule has 1 fully saturated rings. The monoisotopic (exact) mass is 325 g/mol. The van der Waals surface area contributed by atoms with Gasteiger partial charge >= 0.3 is 0 Å². The second-order valence-corrected chi connectivity index (χ2v) is 5.93. The Morgan fingerprint density at radius 2 is 1.75 bits per heavy atom. The molecule has 24 heavy (non-hydrogen) atoms. The van der Waals surface area contributed by atoms with Crippen LogP contribution in [0.5, 0.6) is 0 Å². The lowest BCUT2D eigenvalue weighted by Gasteiger charge is -2.30. The number of nitro benzene ring substituents is 1. The lowest BCUT2D eigenvalue weighted by Crippen LogP contribution is -3.13. The second-order valence-electron chi connectivity index (χ2n) is 5.93. The van der Waals surface area contributed by atoms with Gasteiger partial charge in [-0.3, -0.25) is 15.1 Å². The Kier molecular flexibility index (Phi) is 5.18. The van der Waals surface area contributed by atoms with Crippen molar-refractivity contribution in [2.24, 2.45) is 5.10 Å². The van der Waals surface area contributed by atoms with E-state index in [1.54, 1.807) is 29.3 Å². The summed E-state index contributed by atoms with van der Waals surface area (Å²) >= 11 is 0. The number of para-hydroxylation sites is 1. The molecule has 124 valence electrons. The first kappa shape index (κ1) is 16.1. The third-order valence-electron chi connectivity index (χ3n) is 4.24. The molecule has 0 aliphatic carbocycles. The molecule has 0 saturated carbocycles. The summed E-state index contributed by atoms with van der Waals surface area (Å²) in [6.07, 6.45) is 1.60. The predicted octanol–water partition coefficient (Wildman–Crippen LogP) is 1.33. The first-order valence-corrected chi connectivity index (χ1v) is 8.12. The van der Waals surface area contributed by atoms with E-state index in [1.807, 2.05) is 11.1 Å². The third-order valence-corrected chi connectivity index (χ3v) is 4.24. The largest absolute Gasteiger partial charge is 0.328 e. The van der Waals surface area contributed by atoms with Crippen molar-refractivity contribution in [1.29, 1.82) is 0 Å². The summed E-state index contributed by atoms with van der Waals surface area (Å²) in [4.78, 5) is 12.2. The molecule has 0 unspecified atom stereocenters. The highest BCUT2D eigenvalue weighted by Gasteiger charge is 2.19. The van der Waals surface area contributed by atoms with Crippen LogP contribution in [0.2, 0.25) is 0 Å². The lowest BCUT2D eigenvalue weighted by molar-refractivity contribution is -0.918. The zero-order chi connectivity index (χ0) is 16.8. The average Bonchev–Trinajstić information content (AvgIpc) is 2.62. The van der Waals surface area contributed by atoms with Crippen LogP contribution in [0.4, 0.5) is 5.69 Å². The van der Waals surface area contributed by atoms with Crippen molar-refractivity contribution in [3.8, 4) is 0 Å². The average molecular weight is 325 g/mol. The van der Waals surface area contributed by atoms with Crippen LogP contribution >= 0.6 is 0 Å². The van der Waals surface area contributed by atoms with Crippen LogP contribution in [0.3, 0.4) is 0 Å². The zero-order valence-corrected chi connectivity index (χ0v) is 13.5. The molecule has 2 aromatic rings. The fraction of sp³-hybridized carbons (Fsp3) is 0.278. The van der Waals surface area contributed by atoms with E-state index >= 15 is 0 Å². The Bertz CT molecular complexity index is 710. The minimum absolute atomic E-state index is 0.0922. The van der Waals surface area contributed by atoms with Gasteiger partial charge in [0.05, 0.1) is 42.9 Å². The molecule has 1 aliphatic heterocycles. The maximum atomic E-state index is 11.0. The molecular formula is C18H21N4O2+. The van der Waals surface area contributed by atoms with E-state index in [0.717, 1.165) is 32.7 Å². The number of hydrazone groups is 1. The maximum Gasteiger partial charge on any atom is 0.278 e. The minimum atomic E-state index is -0.372. The maximum absolute atomic E-state index is 11.0. The van der Waals surface area contributed by atoms with Crippen molar-refractivity contribution in [2.45, 2.75) is 6.54 Å². The Morgan fingerprint density at radius 3 is 2.46 bits per heavy atom. The quantitative estimate of drug-likeness (QED) is 0.512. The molecule has 1 N–H and O–H groups in total. The Balaban J connectivity index is 1.55. The number of rotatable bonds is 5. The molecular weight excluding hydrogens is 304 g/mol. The van der Waals surface area contributed by atoms with Crippen LogP contribution in [-0.4, -0.2) is 42.3 Å².